The summed E-state index contributed by atoms with van der Waals surface area (Å²) in [6.45, 7) is 2.66. The van der Waals surface area contributed by atoms with Gasteiger partial charge in [0, 0.05) is 11.4 Å². The molecule has 6 heteroatoms. The van der Waals surface area contributed by atoms with Crippen LogP contribution in [0.2, 0.25) is 0 Å². The Balaban J connectivity index is 1.90. The summed E-state index contributed by atoms with van der Waals surface area (Å²) in [4.78, 5) is 18.0. The standard InChI is InChI=1S/C18H17FN2OS2/c1-2-11-21-17-14(19)9-6-10-15(17)24-18(21)20-16(22)12-23-13-7-4-3-5-8-13/h3-10H,2,11-12H2,1H3. The lowest BCUT2D eigenvalue weighted by Gasteiger charge is -2.03. The van der Waals surface area contributed by atoms with Crippen LogP contribution in [0.4, 0.5) is 4.39 Å². The topological polar surface area (TPSA) is 34.4 Å². The number of halogens is 1. The first-order valence-corrected chi connectivity index (χ1v) is 9.52. The molecule has 24 heavy (non-hydrogen) atoms. The molecule has 0 unspecified atom stereocenters. The van der Waals surface area contributed by atoms with Crippen LogP contribution in [0.25, 0.3) is 10.2 Å². The lowest BCUT2D eigenvalue weighted by molar-refractivity contribution is -0.115. The summed E-state index contributed by atoms with van der Waals surface area (Å²) in [6.07, 6.45) is 0.848. The molecule has 3 nitrogen and oxygen atoms in total. The first-order chi connectivity index (χ1) is 11.7. The average molecular weight is 360 g/mol. The van der Waals surface area contributed by atoms with Gasteiger partial charge in [0.05, 0.1) is 16.0 Å². The molecule has 0 radical (unpaired) electrons. The molecule has 0 aliphatic heterocycles. The number of rotatable bonds is 5. The number of benzene rings is 2. The third-order valence-corrected chi connectivity index (χ3v) is 5.47. The lowest BCUT2D eigenvalue weighted by Crippen LogP contribution is -2.17. The fourth-order valence-electron chi connectivity index (χ4n) is 2.40. The molecule has 3 aromatic rings. The van der Waals surface area contributed by atoms with Crippen molar-refractivity contribution in [3.63, 3.8) is 0 Å². The highest BCUT2D eigenvalue weighted by molar-refractivity contribution is 8.00. The van der Waals surface area contributed by atoms with E-state index >= 15 is 0 Å². The number of thioether (sulfide) groups is 1. The van der Waals surface area contributed by atoms with Crippen molar-refractivity contribution in [3.8, 4) is 0 Å². The normalized spacial score (nSPS) is 12.0. The molecule has 0 atom stereocenters. The second-order valence-electron chi connectivity index (χ2n) is 5.23. The number of carbonyl (C=O) groups excluding carboxylic acids is 1. The van der Waals surface area contributed by atoms with Crippen LogP contribution >= 0.6 is 23.1 Å². The van der Waals surface area contributed by atoms with Gasteiger partial charge in [-0.2, -0.15) is 4.99 Å². The molecule has 0 saturated heterocycles. The van der Waals surface area contributed by atoms with Gasteiger partial charge in [-0.05, 0) is 30.7 Å². The number of amides is 1. The number of hydrogen-bond acceptors (Lipinski definition) is 3. The summed E-state index contributed by atoms with van der Waals surface area (Å²) in [7, 11) is 0. The molecule has 0 bridgehead atoms. The molecule has 0 N–H and O–H groups in total. The van der Waals surface area contributed by atoms with Crippen LogP contribution in [-0.4, -0.2) is 16.2 Å². The number of fused-ring (bicyclic) bond motifs is 1. The maximum Gasteiger partial charge on any atom is 0.258 e. The van der Waals surface area contributed by atoms with Gasteiger partial charge in [-0.15, -0.1) is 11.8 Å². The molecule has 3 rings (SSSR count). The van der Waals surface area contributed by atoms with Gasteiger partial charge in [-0.1, -0.05) is 42.5 Å². The van der Waals surface area contributed by atoms with Crippen molar-refractivity contribution in [3.05, 3.63) is 59.1 Å². The first-order valence-electron chi connectivity index (χ1n) is 7.72. The van der Waals surface area contributed by atoms with Gasteiger partial charge in [-0.25, -0.2) is 4.39 Å². The second kappa shape index (κ2) is 7.77. The highest BCUT2D eigenvalue weighted by Gasteiger charge is 2.11. The Hall–Kier alpha value is -1.92. The van der Waals surface area contributed by atoms with E-state index in [0.29, 0.717) is 16.9 Å². The van der Waals surface area contributed by atoms with Crippen molar-refractivity contribution in [1.82, 2.24) is 4.57 Å². The molecule has 1 amide bonds. The van der Waals surface area contributed by atoms with Crippen molar-refractivity contribution in [2.75, 3.05) is 5.75 Å². The maximum atomic E-state index is 14.1. The molecular formula is C18H17FN2OS2. The summed E-state index contributed by atoms with van der Waals surface area (Å²) in [5.41, 5.74) is 0.534. The molecule has 0 saturated carbocycles. The van der Waals surface area contributed by atoms with E-state index in [2.05, 4.69) is 4.99 Å². The highest BCUT2D eigenvalue weighted by atomic mass is 32.2. The highest BCUT2D eigenvalue weighted by Crippen LogP contribution is 2.21. The van der Waals surface area contributed by atoms with Crippen LogP contribution in [0.3, 0.4) is 0 Å². The van der Waals surface area contributed by atoms with Crippen LogP contribution in [0.15, 0.2) is 58.4 Å². The largest absolute Gasteiger partial charge is 0.314 e. The van der Waals surface area contributed by atoms with Crippen molar-refractivity contribution in [1.29, 1.82) is 0 Å². The minimum absolute atomic E-state index is 0.208. The van der Waals surface area contributed by atoms with Crippen LogP contribution in [0.1, 0.15) is 13.3 Å². The van der Waals surface area contributed by atoms with E-state index in [4.69, 9.17) is 0 Å². The summed E-state index contributed by atoms with van der Waals surface area (Å²) in [5.74, 6) is -0.210. The molecule has 2 aromatic carbocycles. The average Bonchev–Trinajstić information content (AvgIpc) is 2.93. The fraction of sp³-hybridized carbons (Fsp3) is 0.222. The molecule has 1 heterocycles. The zero-order chi connectivity index (χ0) is 16.9. The Morgan fingerprint density at radius 1 is 1.21 bits per heavy atom. The van der Waals surface area contributed by atoms with E-state index in [9.17, 15) is 9.18 Å². The second-order valence-corrected chi connectivity index (χ2v) is 7.29. The monoisotopic (exact) mass is 360 g/mol. The smallest absolute Gasteiger partial charge is 0.258 e. The summed E-state index contributed by atoms with van der Waals surface area (Å²) in [5, 5.41) is 0. The zero-order valence-electron chi connectivity index (χ0n) is 13.2. The van der Waals surface area contributed by atoms with Gasteiger partial charge in [0.25, 0.3) is 5.91 Å². The van der Waals surface area contributed by atoms with E-state index < -0.39 is 0 Å². The molecule has 0 fully saturated rings. The van der Waals surface area contributed by atoms with Crippen LogP contribution in [-0.2, 0) is 11.3 Å². The molecular weight excluding hydrogens is 343 g/mol. The van der Waals surface area contributed by atoms with Crippen molar-refractivity contribution in [2.45, 2.75) is 24.8 Å². The molecule has 124 valence electrons. The van der Waals surface area contributed by atoms with E-state index in [-0.39, 0.29) is 17.5 Å². The molecule has 1 aromatic heterocycles. The van der Waals surface area contributed by atoms with Crippen LogP contribution in [0.5, 0.6) is 0 Å². The first kappa shape index (κ1) is 16.9. The Morgan fingerprint density at radius 2 is 2.00 bits per heavy atom. The predicted molar refractivity (Wildman–Crippen MR) is 97.8 cm³/mol. The third-order valence-electron chi connectivity index (χ3n) is 3.42. The number of hydrogen-bond donors (Lipinski definition) is 0. The fourth-order valence-corrected chi connectivity index (χ4v) is 4.20. The SMILES string of the molecule is CCCn1c(=NC(=O)CSc2ccccc2)sc2cccc(F)c21. The van der Waals surface area contributed by atoms with E-state index in [1.165, 1.54) is 29.2 Å². The van der Waals surface area contributed by atoms with Crippen molar-refractivity contribution >= 4 is 39.2 Å². The number of nitrogens with zero attached hydrogens (tertiary/aromatic N) is 2. The van der Waals surface area contributed by atoms with Crippen molar-refractivity contribution < 1.29 is 9.18 Å². The van der Waals surface area contributed by atoms with Gasteiger partial charge in [0.2, 0.25) is 0 Å². The Morgan fingerprint density at radius 3 is 2.75 bits per heavy atom. The molecule has 0 aliphatic rings. The van der Waals surface area contributed by atoms with Gasteiger partial charge in [0.15, 0.2) is 4.80 Å². The number of thiazole rings is 1. The van der Waals surface area contributed by atoms with Gasteiger partial charge in [-0.3, -0.25) is 4.79 Å². The van der Waals surface area contributed by atoms with E-state index in [0.717, 1.165) is 16.0 Å². The summed E-state index contributed by atoms with van der Waals surface area (Å²) >= 11 is 2.81. The van der Waals surface area contributed by atoms with E-state index in [1.807, 2.05) is 43.3 Å². The number of para-hydroxylation sites is 1. The Kier molecular flexibility index (Phi) is 5.48. The Bertz CT molecular complexity index is 916. The predicted octanol–water partition coefficient (Wildman–Crippen LogP) is 4.47. The maximum absolute atomic E-state index is 14.1. The Labute approximate surface area is 147 Å². The van der Waals surface area contributed by atoms with Gasteiger partial charge >= 0.3 is 0 Å². The molecule has 0 aliphatic carbocycles. The summed E-state index contributed by atoms with van der Waals surface area (Å²) in [6, 6.07) is 14.7. The van der Waals surface area contributed by atoms with Gasteiger partial charge in [0.1, 0.15) is 5.82 Å². The van der Waals surface area contributed by atoms with Crippen molar-refractivity contribution in [2.24, 2.45) is 4.99 Å². The minimum Gasteiger partial charge on any atom is -0.314 e. The lowest BCUT2D eigenvalue weighted by atomic mass is 10.3. The van der Waals surface area contributed by atoms with Gasteiger partial charge < -0.3 is 4.57 Å². The number of carbonyl (C=O) groups is 1. The quantitative estimate of drug-likeness (QED) is 0.629. The van der Waals surface area contributed by atoms with Crippen LogP contribution < -0.4 is 4.80 Å². The third kappa shape index (κ3) is 3.76. The number of aromatic nitrogens is 1. The molecule has 0 spiro atoms. The minimum atomic E-state index is -0.273. The van der Waals surface area contributed by atoms with Crippen LogP contribution in [0, 0.1) is 5.82 Å². The zero-order valence-corrected chi connectivity index (χ0v) is 14.9. The van der Waals surface area contributed by atoms with E-state index in [1.54, 1.807) is 10.6 Å². The number of aryl methyl sites for hydroxylation is 1. The summed E-state index contributed by atoms with van der Waals surface area (Å²) < 4.78 is 16.8.